The van der Waals surface area contributed by atoms with Crippen molar-refractivity contribution in [3.05, 3.63) is 35.1 Å². The molecule has 4 nitrogen and oxygen atoms in total. The van der Waals surface area contributed by atoms with Gasteiger partial charge in [0, 0.05) is 6.92 Å². The molecule has 0 heterocycles. The van der Waals surface area contributed by atoms with E-state index in [4.69, 9.17) is 5.11 Å². The molecule has 0 aliphatic rings. The number of halogens is 1. The van der Waals surface area contributed by atoms with E-state index in [0.29, 0.717) is 5.56 Å². The normalized spacial score (nSPS) is 9.22. The lowest BCUT2D eigenvalue weighted by molar-refractivity contribution is -0.136. The van der Waals surface area contributed by atoms with E-state index in [-0.39, 0.29) is 24.4 Å². The number of aliphatic carboxylic acids is 1. The Labute approximate surface area is 104 Å². The number of carboxylic acids is 1. The van der Waals surface area contributed by atoms with E-state index in [1.165, 1.54) is 19.1 Å². The van der Waals surface area contributed by atoms with Gasteiger partial charge in [0.1, 0.15) is 5.82 Å². The number of benzene rings is 1. The van der Waals surface area contributed by atoms with E-state index in [0.717, 1.165) is 6.07 Å². The maximum atomic E-state index is 13.5. The smallest absolute Gasteiger partial charge is 0.307 e. The fraction of sp³-hybridized carbons (Fsp3) is 0.231. The molecule has 18 heavy (non-hydrogen) atoms. The number of carboxylic acid groups (broad SMARTS) is 1. The summed E-state index contributed by atoms with van der Waals surface area (Å²) in [7, 11) is 0. The molecule has 1 amide bonds. The fourth-order valence-corrected chi connectivity index (χ4v) is 1.25. The minimum absolute atomic E-state index is 0.144. The summed E-state index contributed by atoms with van der Waals surface area (Å²) in [6.07, 6.45) is -0.226. The first-order valence-electron chi connectivity index (χ1n) is 5.22. The van der Waals surface area contributed by atoms with Gasteiger partial charge in [-0.05, 0) is 17.7 Å². The molecule has 0 unspecified atom stereocenters. The average Bonchev–Trinajstić information content (AvgIpc) is 2.25. The second-order valence-corrected chi connectivity index (χ2v) is 3.60. The number of hydrogen-bond donors (Lipinski definition) is 2. The highest BCUT2D eigenvalue weighted by Crippen LogP contribution is 2.10. The lowest BCUT2D eigenvalue weighted by atomic mass is 10.1. The number of amides is 1. The third kappa shape index (κ3) is 4.66. The van der Waals surface area contributed by atoms with Crippen LogP contribution < -0.4 is 5.32 Å². The van der Waals surface area contributed by atoms with Gasteiger partial charge in [0.15, 0.2) is 0 Å². The van der Waals surface area contributed by atoms with Gasteiger partial charge in [0.2, 0.25) is 5.91 Å². The van der Waals surface area contributed by atoms with E-state index in [2.05, 4.69) is 17.2 Å². The molecule has 94 valence electrons. The van der Waals surface area contributed by atoms with Crippen LogP contribution in [0.1, 0.15) is 18.1 Å². The Morgan fingerprint density at radius 1 is 1.44 bits per heavy atom. The molecule has 0 aliphatic heterocycles. The van der Waals surface area contributed by atoms with Crippen LogP contribution in [0.4, 0.5) is 4.39 Å². The van der Waals surface area contributed by atoms with E-state index in [1.54, 1.807) is 0 Å². The topological polar surface area (TPSA) is 66.4 Å². The van der Waals surface area contributed by atoms with Gasteiger partial charge in [0.25, 0.3) is 0 Å². The SMILES string of the molecule is CC(=O)NCC#Cc1ccc(CC(=O)O)cc1F. The second-order valence-electron chi connectivity index (χ2n) is 3.60. The molecule has 0 aromatic heterocycles. The zero-order chi connectivity index (χ0) is 13.5. The van der Waals surface area contributed by atoms with Gasteiger partial charge in [-0.1, -0.05) is 17.9 Å². The molecule has 0 atom stereocenters. The Balaban J connectivity index is 2.73. The molecule has 0 saturated carbocycles. The van der Waals surface area contributed by atoms with Crippen LogP contribution in [0.5, 0.6) is 0 Å². The summed E-state index contributed by atoms with van der Waals surface area (Å²) in [4.78, 5) is 21.0. The maximum absolute atomic E-state index is 13.5. The zero-order valence-electron chi connectivity index (χ0n) is 9.79. The van der Waals surface area contributed by atoms with Crippen LogP contribution in [-0.2, 0) is 16.0 Å². The van der Waals surface area contributed by atoms with E-state index in [1.807, 2.05) is 0 Å². The highest BCUT2D eigenvalue weighted by Gasteiger charge is 2.04. The van der Waals surface area contributed by atoms with Crippen molar-refractivity contribution in [2.75, 3.05) is 6.54 Å². The summed E-state index contributed by atoms with van der Waals surface area (Å²) in [5.41, 5.74) is 0.557. The molecule has 1 rings (SSSR count). The zero-order valence-corrected chi connectivity index (χ0v) is 9.79. The average molecular weight is 249 g/mol. The van der Waals surface area contributed by atoms with Crippen molar-refractivity contribution < 1.29 is 19.1 Å². The molecule has 5 heteroatoms. The van der Waals surface area contributed by atoms with Gasteiger partial charge >= 0.3 is 5.97 Å². The van der Waals surface area contributed by atoms with Crippen molar-refractivity contribution in [3.63, 3.8) is 0 Å². The predicted octanol–water partition coefficient (Wildman–Crippen LogP) is 0.940. The standard InChI is InChI=1S/C13H12FNO3/c1-9(16)15-6-2-3-11-5-4-10(7-12(11)14)8-13(17)18/h4-5,7H,6,8H2,1H3,(H,15,16)(H,17,18). The molecule has 0 aliphatic carbocycles. The first kappa shape index (κ1) is 13.7. The highest BCUT2D eigenvalue weighted by atomic mass is 19.1. The van der Waals surface area contributed by atoms with Crippen LogP contribution in [0.2, 0.25) is 0 Å². The van der Waals surface area contributed by atoms with Crippen LogP contribution in [0.15, 0.2) is 18.2 Å². The largest absolute Gasteiger partial charge is 0.481 e. The monoisotopic (exact) mass is 249 g/mol. The van der Waals surface area contributed by atoms with E-state index >= 15 is 0 Å². The predicted molar refractivity (Wildman–Crippen MR) is 63.3 cm³/mol. The molecular weight excluding hydrogens is 237 g/mol. The van der Waals surface area contributed by atoms with Crippen LogP contribution in [0, 0.1) is 17.7 Å². The van der Waals surface area contributed by atoms with Crippen LogP contribution in [0.25, 0.3) is 0 Å². The van der Waals surface area contributed by atoms with Crippen molar-refractivity contribution in [2.24, 2.45) is 0 Å². The van der Waals surface area contributed by atoms with E-state index in [9.17, 15) is 14.0 Å². The molecule has 2 N–H and O–H groups in total. The van der Waals surface area contributed by atoms with Gasteiger partial charge < -0.3 is 10.4 Å². The lowest BCUT2D eigenvalue weighted by Crippen LogP contribution is -2.19. The van der Waals surface area contributed by atoms with E-state index < -0.39 is 11.8 Å². The van der Waals surface area contributed by atoms with Crippen molar-refractivity contribution >= 4 is 11.9 Å². The van der Waals surface area contributed by atoms with Crippen molar-refractivity contribution in [3.8, 4) is 11.8 Å². The fourth-order valence-electron chi connectivity index (χ4n) is 1.25. The third-order valence-electron chi connectivity index (χ3n) is 2.04. The Morgan fingerprint density at radius 2 is 2.17 bits per heavy atom. The third-order valence-corrected chi connectivity index (χ3v) is 2.04. The summed E-state index contributed by atoms with van der Waals surface area (Å²) >= 11 is 0. The van der Waals surface area contributed by atoms with Crippen LogP contribution in [-0.4, -0.2) is 23.5 Å². The van der Waals surface area contributed by atoms with Crippen LogP contribution in [0.3, 0.4) is 0 Å². The maximum Gasteiger partial charge on any atom is 0.307 e. The van der Waals surface area contributed by atoms with Gasteiger partial charge in [-0.15, -0.1) is 0 Å². The second kappa shape index (κ2) is 6.40. The van der Waals surface area contributed by atoms with Crippen LogP contribution >= 0.6 is 0 Å². The molecule has 1 aromatic carbocycles. The number of rotatable bonds is 3. The molecule has 0 radical (unpaired) electrons. The Hall–Kier alpha value is -2.35. The molecule has 1 aromatic rings. The van der Waals surface area contributed by atoms with Gasteiger partial charge in [-0.2, -0.15) is 0 Å². The Morgan fingerprint density at radius 3 is 2.72 bits per heavy atom. The molecule has 0 bridgehead atoms. The van der Waals surface area contributed by atoms with Gasteiger partial charge in [-0.25, -0.2) is 4.39 Å². The Kier molecular flexibility index (Phi) is 4.88. The van der Waals surface area contributed by atoms with Crippen molar-refractivity contribution in [1.82, 2.24) is 5.32 Å². The molecule has 0 spiro atoms. The summed E-state index contributed by atoms with van der Waals surface area (Å²) in [5.74, 6) is 3.37. The first-order chi connectivity index (χ1) is 8.49. The molecular formula is C13H12FNO3. The molecule has 0 saturated heterocycles. The number of hydrogen-bond acceptors (Lipinski definition) is 2. The summed E-state index contributed by atoms with van der Waals surface area (Å²) in [5, 5.41) is 11.0. The number of carbonyl (C=O) groups is 2. The summed E-state index contributed by atoms with van der Waals surface area (Å²) in [6.45, 7) is 1.51. The Bertz CT molecular complexity index is 529. The minimum Gasteiger partial charge on any atom is -0.481 e. The van der Waals surface area contributed by atoms with Gasteiger partial charge in [0.05, 0.1) is 18.5 Å². The first-order valence-corrected chi connectivity index (χ1v) is 5.22. The number of carbonyl (C=O) groups excluding carboxylic acids is 1. The summed E-state index contributed by atoms with van der Waals surface area (Å²) in [6, 6.07) is 4.09. The highest BCUT2D eigenvalue weighted by molar-refractivity contribution is 5.73. The minimum atomic E-state index is -1.01. The van der Waals surface area contributed by atoms with Crippen molar-refractivity contribution in [1.29, 1.82) is 0 Å². The van der Waals surface area contributed by atoms with Crippen molar-refractivity contribution in [2.45, 2.75) is 13.3 Å². The lowest BCUT2D eigenvalue weighted by Gasteiger charge is -1.99. The quantitative estimate of drug-likeness (QED) is 0.783. The number of nitrogens with one attached hydrogen (secondary N) is 1. The molecule has 0 fully saturated rings. The summed E-state index contributed by atoms with van der Waals surface area (Å²) < 4.78 is 13.5. The van der Waals surface area contributed by atoms with Gasteiger partial charge in [-0.3, -0.25) is 9.59 Å².